The molecule has 1 rings (SSSR count). The van der Waals surface area contributed by atoms with Gasteiger partial charge < -0.3 is 20.2 Å². The van der Waals surface area contributed by atoms with E-state index in [1.54, 1.807) is 6.92 Å². The predicted octanol–water partition coefficient (Wildman–Crippen LogP) is 1.56. The Balaban J connectivity index is 2.49. The zero-order valence-electron chi connectivity index (χ0n) is 13.8. The number of carbonyl (C=O) groups excluding carboxylic acids is 2. The van der Waals surface area contributed by atoms with Crippen molar-refractivity contribution >= 4 is 11.8 Å². The summed E-state index contributed by atoms with van der Waals surface area (Å²) in [5.41, 5.74) is -0.0758. The molecular formula is C16H26N2O4. The van der Waals surface area contributed by atoms with Crippen LogP contribution in [0, 0.1) is 11.3 Å². The first-order chi connectivity index (χ1) is 10.1. The smallest absolute Gasteiger partial charge is 0.255 e. The van der Waals surface area contributed by atoms with Crippen molar-refractivity contribution in [3.63, 3.8) is 0 Å². The Morgan fingerprint density at radius 2 is 1.95 bits per heavy atom. The highest BCUT2D eigenvalue weighted by Gasteiger charge is 2.31. The molecule has 6 nitrogen and oxygen atoms in total. The lowest BCUT2D eigenvalue weighted by Gasteiger charge is -2.33. The molecule has 124 valence electrons. The highest BCUT2D eigenvalue weighted by Crippen LogP contribution is 2.25. The van der Waals surface area contributed by atoms with Crippen LogP contribution in [-0.4, -0.2) is 35.6 Å². The molecule has 0 saturated heterocycles. The van der Waals surface area contributed by atoms with Crippen LogP contribution in [-0.2, 0) is 4.79 Å². The van der Waals surface area contributed by atoms with Gasteiger partial charge in [0.25, 0.3) is 5.91 Å². The van der Waals surface area contributed by atoms with Crippen LogP contribution in [0.1, 0.15) is 45.0 Å². The zero-order chi connectivity index (χ0) is 16.9. The van der Waals surface area contributed by atoms with Crippen molar-refractivity contribution in [2.45, 2.75) is 46.8 Å². The summed E-state index contributed by atoms with van der Waals surface area (Å²) in [6.07, 6.45) is 2.20. The first-order valence-electron chi connectivity index (χ1n) is 7.44. The molecule has 0 spiro atoms. The Morgan fingerprint density at radius 3 is 2.45 bits per heavy atom. The lowest BCUT2D eigenvalue weighted by molar-refractivity contribution is -0.123. The highest BCUT2D eigenvalue weighted by molar-refractivity contribution is 5.97. The van der Waals surface area contributed by atoms with Crippen molar-refractivity contribution in [2.75, 3.05) is 6.54 Å². The molecule has 0 saturated carbocycles. The second-order valence-electron chi connectivity index (χ2n) is 6.60. The van der Waals surface area contributed by atoms with E-state index in [0.717, 1.165) is 0 Å². The van der Waals surface area contributed by atoms with Crippen molar-refractivity contribution < 1.29 is 19.1 Å². The number of hydrogen-bond acceptors (Lipinski definition) is 4. The largest absolute Gasteiger partial charge is 0.472 e. The predicted molar refractivity (Wildman–Crippen MR) is 83.3 cm³/mol. The van der Waals surface area contributed by atoms with Gasteiger partial charge in [0.05, 0.1) is 17.9 Å². The Labute approximate surface area is 131 Å². The second-order valence-corrected chi connectivity index (χ2v) is 6.60. The van der Waals surface area contributed by atoms with Gasteiger partial charge in [-0.15, -0.1) is 0 Å². The SMILES string of the molecule is CC(NC(=O)c1ccoc1)C(=O)NCC(C)(C)C(O)C(C)C. The van der Waals surface area contributed by atoms with E-state index >= 15 is 0 Å². The summed E-state index contributed by atoms with van der Waals surface area (Å²) in [7, 11) is 0. The second kappa shape index (κ2) is 7.45. The summed E-state index contributed by atoms with van der Waals surface area (Å²) >= 11 is 0. The maximum Gasteiger partial charge on any atom is 0.255 e. The maximum atomic E-state index is 12.1. The minimum atomic E-state index is -0.672. The number of rotatable bonds is 7. The molecule has 2 amide bonds. The third-order valence-corrected chi connectivity index (χ3v) is 3.67. The molecule has 1 heterocycles. The number of nitrogens with one attached hydrogen (secondary N) is 2. The van der Waals surface area contributed by atoms with Crippen molar-refractivity contribution in [1.82, 2.24) is 10.6 Å². The Hall–Kier alpha value is -1.82. The first-order valence-corrected chi connectivity index (χ1v) is 7.44. The standard InChI is InChI=1S/C16H26N2O4/c1-10(2)13(19)16(4,5)9-17-14(20)11(3)18-15(21)12-6-7-22-8-12/h6-8,10-11,13,19H,9H2,1-5H3,(H,17,20)(H,18,21). The Kier molecular flexibility index (Phi) is 6.17. The summed E-state index contributed by atoms with van der Waals surface area (Å²) in [5.74, 6) is -0.552. The quantitative estimate of drug-likeness (QED) is 0.712. The van der Waals surface area contributed by atoms with E-state index in [4.69, 9.17) is 4.42 Å². The normalized spacial score (nSPS) is 14.5. The average Bonchev–Trinajstić information content (AvgIpc) is 2.97. The molecule has 0 aromatic carbocycles. The van der Waals surface area contributed by atoms with Gasteiger partial charge in [-0.3, -0.25) is 9.59 Å². The van der Waals surface area contributed by atoms with Crippen molar-refractivity contribution in [3.05, 3.63) is 24.2 Å². The third-order valence-electron chi connectivity index (χ3n) is 3.67. The Bertz CT molecular complexity index is 494. The minimum absolute atomic E-state index is 0.102. The number of hydrogen-bond donors (Lipinski definition) is 3. The van der Waals surface area contributed by atoms with Crippen molar-refractivity contribution in [3.8, 4) is 0 Å². The lowest BCUT2D eigenvalue weighted by Crippen LogP contribution is -2.49. The number of amides is 2. The van der Waals surface area contributed by atoms with E-state index in [1.807, 2.05) is 27.7 Å². The van der Waals surface area contributed by atoms with Crippen molar-refractivity contribution in [1.29, 1.82) is 0 Å². The van der Waals surface area contributed by atoms with Crippen LogP contribution in [0.25, 0.3) is 0 Å². The van der Waals surface area contributed by atoms with Gasteiger partial charge in [-0.05, 0) is 18.9 Å². The number of aliphatic hydroxyl groups excluding tert-OH is 1. The van der Waals surface area contributed by atoms with Crippen LogP contribution in [0.3, 0.4) is 0 Å². The van der Waals surface area contributed by atoms with Gasteiger partial charge in [-0.25, -0.2) is 0 Å². The van der Waals surface area contributed by atoms with Crippen LogP contribution in [0.15, 0.2) is 23.0 Å². The molecule has 1 aromatic rings. The fourth-order valence-electron chi connectivity index (χ4n) is 2.21. The molecule has 0 aliphatic carbocycles. The van der Waals surface area contributed by atoms with E-state index in [-0.39, 0.29) is 17.7 Å². The number of aliphatic hydroxyl groups is 1. The molecule has 0 fully saturated rings. The summed E-state index contributed by atoms with van der Waals surface area (Å²) < 4.78 is 4.83. The first kappa shape index (κ1) is 18.2. The average molecular weight is 310 g/mol. The van der Waals surface area contributed by atoms with Gasteiger partial charge >= 0.3 is 0 Å². The van der Waals surface area contributed by atoms with Gasteiger partial charge in [0.1, 0.15) is 12.3 Å². The summed E-state index contributed by atoms with van der Waals surface area (Å²) in [6.45, 7) is 9.60. The number of carbonyl (C=O) groups is 2. The van der Waals surface area contributed by atoms with E-state index < -0.39 is 17.6 Å². The highest BCUT2D eigenvalue weighted by atomic mass is 16.3. The van der Waals surface area contributed by atoms with E-state index in [9.17, 15) is 14.7 Å². The maximum absolute atomic E-state index is 12.1. The summed E-state index contributed by atoms with van der Waals surface area (Å²) in [5, 5.41) is 15.5. The lowest BCUT2D eigenvalue weighted by atomic mass is 9.80. The molecule has 1 aromatic heterocycles. The monoisotopic (exact) mass is 310 g/mol. The van der Waals surface area contributed by atoms with Crippen molar-refractivity contribution in [2.24, 2.45) is 11.3 Å². The molecule has 2 unspecified atom stereocenters. The zero-order valence-corrected chi connectivity index (χ0v) is 13.8. The topological polar surface area (TPSA) is 91.6 Å². The molecule has 2 atom stereocenters. The molecule has 0 aliphatic rings. The van der Waals surface area contributed by atoms with Gasteiger partial charge in [0.15, 0.2) is 0 Å². The van der Waals surface area contributed by atoms with Crippen LogP contribution in [0.2, 0.25) is 0 Å². The Morgan fingerprint density at radius 1 is 1.32 bits per heavy atom. The molecule has 6 heteroatoms. The van der Waals surface area contributed by atoms with Gasteiger partial charge in [-0.2, -0.15) is 0 Å². The fraction of sp³-hybridized carbons (Fsp3) is 0.625. The van der Waals surface area contributed by atoms with E-state index in [2.05, 4.69) is 10.6 Å². The van der Waals surface area contributed by atoms with E-state index in [0.29, 0.717) is 12.1 Å². The fourth-order valence-corrected chi connectivity index (χ4v) is 2.21. The van der Waals surface area contributed by atoms with E-state index in [1.165, 1.54) is 18.6 Å². The van der Waals surface area contributed by atoms with Crippen LogP contribution in [0.4, 0.5) is 0 Å². The summed E-state index contributed by atoms with van der Waals surface area (Å²) in [4.78, 5) is 23.9. The molecular weight excluding hydrogens is 284 g/mol. The van der Waals surface area contributed by atoms with Gasteiger partial charge in [0.2, 0.25) is 5.91 Å². The van der Waals surface area contributed by atoms with Gasteiger partial charge in [0, 0.05) is 12.0 Å². The van der Waals surface area contributed by atoms with Gasteiger partial charge in [-0.1, -0.05) is 27.7 Å². The molecule has 3 N–H and O–H groups in total. The number of furan rings is 1. The molecule has 0 aliphatic heterocycles. The minimum Gasteiger partial charge on any atom is -0.472 e. The van der Waals surface area contributed by atoms with Crippen LogP contribution >= 0.6 is 0 Å². The summed E-state index contributed by atoms with van der Waals surface area (Å²) in [6, 6.07) is 0.858. The molecule has 22 heavy (non-hydrogen) atoms. The molecule has 0 radical (unpaired) electrons. The van der Waals surface area contributed by atoms with Crippen LogP contribution in [0.5, 0.6) is 0 Å². The third kappa shape index (κ3) is 4.87. The van der Waals surface area contributed by atoms with Crippen LogP contribution < -0.4 is 10.6 Å². The molecule has 0 bridgehead atoms.